The molecule has 0 atom stereocenters. The highest BCUT2D eigenvalue weighted by Crippen LogP contribution is 2.34. The number of alkyl halides is 3. The fourth-order valence-corrected chi connectivity index (χ4v) is 1.65. The van der Waals surface area contributed by atoms with Crippen LogP contribution in [0, 0.1) is 0 Å². The van der Waals surface area contributed by atoms with E-state index in [1.165, 1.54) is 12.3 Å². The Morgan fingerprint density at radius 2 is 1.84 bits per heavy atom. The summed E-state index contributed by atoms with van der Waals surface area (Å²) < 4.78 is 37.8. The molecule has 0 saturated carbocycles. The molecule has 0 aliphatic carbocycles. The van der Waals surface area contributed by atoms with Crippen LogP contribution in [0.1, 0.15) is 5.56 Å². The van der Waals surface area contributed by atoms with E-state index >= 15 is 0 Å². The predicted molar refractivity (Wildman–Crippen MR) is 66.8 cm³/mol. The lowest BCUT2D eigenvalue weighted by atomic mass is 10.2. The second-order valence-electron chi connectivity index (χ2n) is 3.53. The van der Waals surface area contributed by atoms with Crippen LogP contribution >= 0.6 is 23.2 Å². The minimum absolute atomic E-state index is 0.0203. The minimum atomic E-state index is -4.44. The Bertz CT molecular complexity index is 602. The zero-order valence-electron chi connectivity index (χ0n) is 9.17. The lowest BCUT2D eigenvalue weighted by Gasteiger charge is -2.11. The van der Waals surface area contributed by atoms with Gasteiger partial charge in [-0.05, 0) is 35.9 Å². The Kier molecular flexibility index (Phi) is 3.82. The quantitative estimate of drug-likeness (QED) is 0.827. The minimum Gasteiger partial charge on any atom is -0.339 e. The molecule has 3 nitrogen and oxygen atoms in total. The Labute approximate surface area is 116 Å². The highest BCUT2D eigenvalue weighted by molar-refractivity contribution is 6.33. The molecule has 0 spiro atoms. The number of aromatic nitrogens is 2. The Balaban J connectivity index is 2.34. The van der Waals surface area contributed by atoms with Crippen LogP contribution < -0.4 is 5.32 Å². The van der Waals surface area contributed by atoms with Crippen molar-refractivity contribution in [3.8, 4) is 0 Å². The second-order valence-corrected chi connectivity index (χ2v) is 4.27. The fourth-order valence-electron chi connectivity index (χ4n) is 1.34. The summed E-state index contributed by atoms with van der Waals surface area (Å²) in [6.45, 7) is 0. The Hall–Kier alpha value is -1.53. The van der Waals surface area contributed by atoms with Crippen molar-refractivity contribution < 1.29 is 13.2 Å². The number of anilines is 2. The number of nitrogens with one attached hydrogen (secondary N) is 1. The molecule has 1 N–H and O–H groups in total. The van der Waals surface area contributed by atoms with Crippen molar-refractivity contribution in [2.24, 2.45) is 0 Å². The molecular formula is C11H6Cl2F3N3. The average molecular weight is 308 g/mol. The van der Waals surface area contributed by atoms with E-state index in [0.717, 1.165) is 18.2 Å². The molecule has 1 aromatic heterocycles. The van der Waals surface area contributed by atoms with E-state index in [9.17, 15) is 13.2 Å². The fraction of sp³-hybridized carbons (Fsp3) is 0.0909. The molecule has 0 saturated heterocycles. The highest BCUT2D eigenvalue weighted by Gasteiger charge is 2.30. The van der Waals surface area contributed by atoms with Gasteiger partial charge < -0.3 is 5.32 Å². The molecule has 1 aromatic carbocycles. The number of rotatable bonds is 2. The highest BCUT2D eigenvalue weighted by atomic mass is 35.5. The summed E-state index contributed by atoms with van der Waals surface area (Å²) in [7, 11) is 0. The molecule has 1 heterocycles. The van der Waals surface area contributed by atoms with Gasteiger partial charge in [0.05, 0.1) is 16.3 Å². The number of nitrogens with zero attached hydrogens (tertiary/aromatic N) is 2. The molecule has 0 unspecified atom stereocenters. The summed E-state index contributed by atoms with van der Waals surface area (Å²) >= 11 is 11.4. The van der Waals surface area contributed by atoms with E-state index in [1.807, 2.05) is 0 Å². The summed E-state index contributed by atoms with van der Waals surface area (Å²) in [6.07, 6.45) is -3.07. The number of benzene rings is 1. The topological polar surface area (TPSA) is 37.8 Å². The molecule has 0 aliphatic rings. The SMILES string of the molecule is FC(F)(F)c1ccc(Cl)c(Nc2ccnc(Cl)n2)c1. The third kappa shape index (κ3) is 3.48. The lowest BCUT2D eigenvalue weighted by Crippen LogP contribution is -2.05. The van der Waals surface area contributed by atoms with Crippen molar-refractivity contribution in [2.45, 2.75) is 6.18 Å². The molecule has 0 amide bonds. The van der Waals surface area contributed by atoms with E-state index in [4.69, 9.17) is 23.2 Å². The van der Waals surface area contributed by atoms with Gasteiger partial charge in [0, 0.05) is 6.20 Å². The van der Waals surface area contributed by atoms with Gasteiger partial charge >= 0.3 is 6.18 Å². The zero-order chi connectivity index (χ0) is 14.0. The first-order valence-electron chi connectivity index (χ1n) is 4.98. The van der Waals surface area contributed by atoms with Crippen LogP contribution in [0.5, 0.6) is 0 Å². The van der Waals surface area contributed by atoms with Crippen LogP contribution in [0.3, 0.4) is 0 Å². The third-order valence-electron chi connectivity index (χ3n) is 2.18. The number of hydrogen-bond donors (Lipinski definition) is 1. The van der Waals surface area contributed by atoms with Gasteiger partial charge in [0.15, 0.2) is 0 Å². The standard InChI is InChI=1S/C11H6Cl2F3N3/c12-7-2-1-6(11(14,15)16)5-8(7)18-9-3-4-17-10(13)19-9/h1-5H,(H,17,18,19). The summed E-state index contributed by atoms with van der Waals surface area (Å²) in [4.78, 5) is 7.47. The molecular weight excluding hydrogens is 302 g/mol. The summed E-state index contributed by atoms with van der Waals surface area (Å²) in [6, 6.07) is 4.43. The van der Waals surface area contributed by atoms with Crippen molar-refractivity contribution in [2.75, 3.05) is 5.32 Å². The van der Waals surface area contributed by atoms with Gasteiger partial charge in [0.25, 0.3) is 0 Å². The Morgan fingerprint density at radius 1 is 1.11 bits per heavy atom. The van der Waals surface area contributed by atoms with Crippen LogP contribution in [0.2, 0.25) is 10.3 Å². The molecule has 0 fully saturated rings. The normalized spacial score (nSPS) is 11.4. The molecule has 100 valence electrons. The van der Waals surface area contributed by atoms with Gasteiger partial charge in [-0.2, -0.15) is 13.2 Å². The molecule has 8 heteroatoms. The van der Waals surface area contributed by atoms with Crippen molar-refractivity contribution in [3.05, 3.63) is 46.3 Å². The van der Waals surface area contributed by atoms with E-state index in [-0.39, 0.29) is 21.8 Å². The van der Waals surface area contributed by atoms with Gasteiger partial charge in [0.2, 0.25) is 5.28 Å². The summed E-state index contributed by atoms with van der Waals surface area (Å²) in [5.41, 5.74) is -0.717. The van der Waals surface area contributed by atoms with Crippen LogP contribution in [0.4, 0.5) is 24.7 Å². The van der Waals surface area contributed by atoms with E-state index < -0.39 is 11.7 Å². The van der Waals surface area contributed by atoms with Crippen molar-refractivity contribution >= 4 is 34.7 Å². The molecule has 0 radical (unpaired) electrons. The van der Waals surface area contributed by atoms with E-state index in [2.05, 4.69) is 15.3 Å². The van der Waals surface area contributed by atoms with Gasteiger partial charge in [-0.15, -0.1) is 0 Å². The van der Waals surface area contributed by atoms with Crippen LogP contribution in [-0.4, -0.2) is 9.97 Å². The number of halogens is 5. The molecule has 2 rings (SSSR count). The first kappa shape index (κ1) is 13.9. The van der Waals surface area contributed by atoms with Gasteiger partial charge in [-0.3, -0.25) is 0 Å². The molecule has 0 bridgehead atoms. The lowest BCUT2D eigenvalue weighted by molar-refractivity contribution is -0.137. The van der Waals surface area contributed by atoms with Crippen molar-refractivity contribution in [1.82, 2.24) is 9.97 Å². The van der Waals surface area contributed by atoms with Gasteiger partial charge in [0.1, 0.15) is 5.82 Å². The second kappa shape index (κ2) is 5.22. The average Bonchev–Trinajstić information content (AvgIpc) is 2.30. The van der Waals surface area contributed by atoms with E-state index in [1.54, 1.807) is 0 Å². The maximum absolute atomic E-state index is 12.6. The maximum Gasteiger partial charge on any atom is 0.416 e. The smallest absolute Gasteiger partial charge is 0.339 e. The molecule has 0 aliphatic heterocycles. The first-order valence-corrected chi connectivity index (χ1v) is 5.74. The number of hydrogen-bond acceptors (Lipinski definition) is 3. The van der Waals surface area contributed by atoms with Gasteiger partial charge in [-0.1, -0.05) is 11.6 Å². The van der Waals surface area contributed by atoms with Crippen molar-refractivity contribution in [3.63, 3.8) is 0 Å². The third-order valence-corrected chi connectivity index (χ3v) is 2.69. The summed E-state index contributed by atoms with van der Waals surface area (Å²) in [5.74, 6) is 0.251. The van der Waals surface area contributed by atoms with E-state index in [0.29, 0.717) is 0 Å². The molecule has 19 heavy (non-hydrogen) atoms. The molecule has 2 aromatic rings. The van der Waals surface area contributed by atoms with Crippen LogP contribution in [0.15, 0.2) is 30.5 Å². The van der Waals surface area contributed by atoms with Gasteiger partial charge in [-0.25, -0.2) is 9.97 Å². The summed E-state index contributed by atoms with van der Waals surface area (Å²) in [5, 5.41) is 2.78. The Morgan fingerprint density at radius 3 is 2.47 bits per heavy atom. The predicted octanol–water partition coefficient (Wildman–Crippen LogP) is 4.55. The van der Waals surface area contributed by atoms with Crippen LogP contribution in [0.25, 0.3) is 0 Å². The van der Waals surface area contributed by atoms with Crippen molar-refractivity contribution in [1.29, 1.82) is 0 Å². The largest absolute Gasteiger partial charge is 0.416 e. The first-order chi connectivity index (χ1) is 8.86. The van der Waals surface area contributed by atoms with Crippen LogP contribution in [-0.2, 0) is 6.18 Å². The zero-order valence-corrected chi connectivity index (χ0v) is 10.7. The maximum atomic E-state index is 12.6. The monoisotopic (exact) mass is 307 g/mol.